The first-order valence-electron chi connectivity index (χ1n) is 6.54. The molecular formula is C13H26N2O2. The van der Waals surface area contributed by atoms with Crippen molar-refractivity contribution < 1.29 is 9.90 Å². The van der Waals surface area contributed by atoms with Gasteiger partial charge < -0.3 is 15.7 Å². The van der Waals surface area contributed by atoms with Crippen molar-refractivity contribution >= 4 is 5.91 Å². The van der Waals surface area contributed by atoms with Crippen LogP contribution in [0.25, 0.3) is 0 Å². The van der Waals surface area contributed by atoms with Crippen LogP contribution in [0, 0.1) is 11.3 Å². The van der Waals surface area contributed by atoms with E-state index in [1.165, 1.54) is 12.8 Å². The van der Waals surface area contributed by atoms with Crippen LogP contribution in [-0.4, -0.2) is 36.8 Å². The summed E-state index contributed by atoms with van der Waals surface area (Å²) in [5.41, 5.74) is 0.0551. The Bertz CT molecular complexity index is 244. The molecule has 0 aromatic rings. The number of carbonyl (C=O) groups excluding carboxylic acids is 1. The maximum atomic E-state index is 11.6. The van der Waals surface area contributed by atoms with Crippen LogP contribution in [-0.2, 0) is 4.79 Å². The molecule has 100 valence electrons. The lowest BCUT2D eigenvalue weighted by molar-refractivity contribution is -0.120. The molecule has 1 rings (SSSR count). The van der Waals surface area contributed by atoms with Gasteiger partial charge in [-0.15, -0.1) is 0 Å². The highest BCUT2D eigenvalue weighted by Crippen LogP contribution is 2.27. The van der Waals surface area contributed by atoms with Gasteiger partial charge >= 0.3 is 0 Å². The summed E-state index contributed by atoms with van der Waals surface area (Å²) in [6.07, 6.45) is 3.19. The molecule has 1 atom stereocenters. The Labute approximate surface area is 104 Å². The van der Waals surface area contributed by atoms with Gasteiger partial charge in [0.25, 0.3) is 0 Å². The summed E-state index contributed by atoms with van der Waals surface area (Å²) in [4.78, 5) is 11.6. The number of aliphatic hydroxyl groups is 1. The van der Waals surface area contributed by atoms with E-state index in [-0.39, 0.29) is 24.0 Å². The van der Waals surface area contributed by atoms with Gasteiger partial charge in [-0.05, 0) is 30.6 Å². The van der Waals surface area contributed by atoms with E-state index in [4.69, 9.17) is 5.11 Å². The molecule has 4 nitrogen and oxygen atoms in total. The summed E-state index contributed by atoms with van der Waals surface area (Å²) in [6.45, 7) is 7.65. The van der Waals surface area contributed by atoms with Crippen molar-refractivity contribution in [2.45, 2.75) is 46.1 Å². The van der Waals surface area contributed by atoms with Gasteiger partial charge in [-0.2, -0.15) is 0 Å². The minimum absolute atomic E-state index is 0.0551. The van der Waals surface area contributed by atoms with Crippen molar-refractivity contribution in [3.8, 4) is 0 Å². The second-order valence-corrected chi connectivity index (χ2v) is 6.06. The molecule has 1 amide bonds. The zero-order valence-corrected chi connectivity index (χ0v) is 11.3. The van der Waals surface area contributed by atoms with Crippen LogP contribution < -0.4 is 10.6 Å². The van der Waals surface area contributed by atoms with Crippen LogP contribution in [0.5, 0.6) is 0 Å². The lowest BCUT2D eigenvalue weighted by atomic mass is 9.85. The first-order chi connectivity index (χ1) is 7.93. The van der Waals surface area contributed by atoms with Crippen molar-refractivity contribution in [1.29, 1.82) is 0 Å². The summed E-state index contributed by atoms with van der Waals surface area (Å²) in [7, 11) is 0. The molecule has 1 unspecified atom stereocenters. The first-order valence-corrected chi connectivity index (χ1v) is 6.54. The summed E-state index contributed by atoms with van der Waals surface area (Å²) < 4.78 is 0. The standard InChI is InChI=1S/C13H26N2O2/c1-13(2,3)11(6-7-16)14-9-12(17)15-8-10-4-5-10/h10-11,14,16H,4-9H2,1-3H3,(H,15,17). The maximum Gasteiger partial charge on any atom is 0.233 e. The van der Waals surface area contributed by atoms with E-state index in [2.05, 4.69) is 31.4 Å². The second kappa shape index (κ2) is 6.36. The first kappa shape index (κ1) is 14.5. The van der Waals surface area contributed by atoms with E-state index in [9.17, 15) is 4.79 Å². The number of amides is 1. The zero-order chi connectivity index (χ0) is 12.9. The van der Waals surface area contributed by atoms with Crippen LogP contribution in [0.4, 0.5) is 0 Å². The van der Waals surface area contributed by atoms with E-state index in [1.54, 1.807) is 0 Å². The fourth-order valence-corrected chi connectivity index (χ4v) is 1.83. The molecule has 4 heteroatoms. The summed E-state index contributed by atoms with van der Waals surface area (Å²) >= 11 is 0. The van der Waals surface area contributed by atoms with Crippen LogP contribution in [0.1, 0.15) is 40.0 Å². The van der Waals surface area contributed by atoms with Crippen molar-refractivity contribution in [2.24, 2.45) is 11.3 Å². The Kier molecular flexibility index (Phi) is 5.40. The van der Waals surface area contributed by atoms with E-state index in [0.717, 1.165) is 12.5 Å². The normalized spacial score (nSPS) is 17.9. The number of rotatable bonds is 7. The topological polar surface area (TPSA) is 61.4 Å². The third-order valence-corrected chi connectivity index (χ3v) is 3.26. The van der Waals surface area contributed by atoms with Gasteiger partial charge in [0, 0.05) is 19.2 Å². The number of hydrogen-bond donors (Lipinski definition) is 3. The molecular weight excluding hydrogens is 216 g/mol. The van der Waals surface area contributed by atoms with Crippen LogP contribution in [0.2, 0.25) is 0 Å². The monoisotopic (exact) mass is 242 g/mol. The van der Waals surface area contributed by atoms with Gasteiger partial charge in [0.15, 0.2) is 0 Å². The third kappa shape index (κ3) is 6.03. The molecule has 0 aliphatic heterocycles. The van der Waals surface area contributed by atoms with Crippen LogP contribution >= 0.6 is 0 Å². The largest absolute Gasteiger partial charge is 0.396 e. The van der Waals surface area contributed by atoms with Crippen molar-refractivity contribution in [2.75, 3.05) is 19.7 Å². The minimum atomic E-state index is 0.0551. The maximum absolute atomic E-state index is 11.6. The molecule has 0 aromatic heterocycles. The van der Waals surface area contributed by atoms with Crippen molar-refractivity contribution in [1.82, 2.24) is 10.6 Å². The summed E-state index contributed by atoms with van der Waals surface area (Å²) in [5, 5.41) is 15.2. The Morgan fingerprint density at radius 2 is 2.06 bits per heavy atom. The Hall–Kier alpha value is -0.610. The number of aliphatic hydroxyl groups excluding tert-OH is 1. The SMILES string of the molecule is CC(C)(C)C(CCO)NCC(=O)NCC1CC1. The van der Waals surface area contributed by atoms with Crippen LogP contribution in [0.15, 0.2) is 0 Å². The van der Waals surface area contributed by atoms with E-state index < -0.39 is 0 Å². The molecule has 0 spiro atoms. The van der Waals surface area contributed by atoms with Gasteiger partial charge in [-0.25, -0.2) is 0 Å². The van der Waals surface area contributed by atoms with Crippen molar-refractivity contribution in [3.05, 3.63) is 0 Å². The van der Waals surface area contributed by atoms with Crippen molar-refractivity contribution in [3.63, 3.8) is 0 Å². The molecule has 0 bridgehead atoms. The molecule has 0 aromatic carbocycles. The molecule has 0 saturated heterocycles. The second-order valence-electron chi connectivity index (χ2n) is 6.06. The molecule has 0 heterocycles. The predicted octanol–water partition coefficient (Wildman–Crippen LogP) is 0.899. The number of hydrogen-bond acceptors (Lipinski definition) is 3. The van der Waals surface area contributed by atoms with Gasteiger partial charge in [0.2, 0.25) is 5.91 Å². The minimum Gasteiger partial charge on any atom is -0.396 e. The smallest absolute Gasteiger partial charge is 0.233 e. The molecule has 1 saturated carbocycles. The number of carbonyl (C=O) groups is 1. The lowest BCUT2D eigenvalue weighted by Gasteiger charge is -2.31. The quantitative estimate of drug-likeness (QED) is 0.621. The van der Waals surface area contributed by atoms with Gasteiger partial charge in [0.1, 0.15) is 0 Å². The molecule has 1 fully saturated rings. The predicted molar refractivity (Wildman–Crippen MR) is 68.7 cm³/mol. The van der Waals surface area contributed by atoms with E-state index in [1.807, 2.05) is 0 Å². The average molecular weight is 242 g/mol. The Morgan fingerprint density at radius 1 is 1.41 bits per heavy atom. The third-order valence-electron chi connectivity index (χ3n) is 3.26. The fourth-order valence-electron chi connectivity index (χ4n) is 1.83. The highest BCUT2D eigenvalue weighted by atomic mass is 16.3. The Morgan fingerprint density at radius 3 is 2.53 bits per heavy atom. The summed E-state index contributed by atoms with van der Waals surface area (Å²) in [5.74, 6) is 0.777. The molecule has 17 heavy (non-hydrogen) atoms. The van der Waals surface area contributed by atoms with E-state index in [0.29, 0.717) is 13.0 Å². The molecule has 0 radical (unpaired) electrons. The summed E-state index contributed by atoms with van der Waals surface area (Å²) in [6, 6.07) is 0.166. The van der Waals surface area contributed by atoms with Crippen LogP contribution in [0.3, 0.4) is 0 Å². The fraction of sp³-hybridized carbons (Fsp3) is 0.923. The number of nitrogens with one attached hydrogen (secondary N) is 2. The zero-order valence-electron chi connectivity index (χ0n) is 11.3. The molecule has 3 N–H and O–H groups in total. The Balaban J connectivity index is 2.22. The molecule has 1 aliphatic carbocycles. The average Bonchev–Trinajstić information content (AvgIpc) is 3.03. The molecule has 1 aliphatic rings. The van der Waals surface area contributed by atoms with Gasteiger partial charge in [-0.3, -0.25) is 4.79 Å². The van der Waals surface area contributed by atoms with Gasteiger partial charge in [0.05, 0.1) is 6.54 Å². The highest BCUT2D eigenvalue weighted by Gasteiger charge is 2.25. The van der Waals surface area contributed by atoms with E-state index >= 15 is 0 Å². The highest BCUT2D eigenvalue weighted by molar-refractivity contribution is 5.78. The lowest BCUT2D eigenvalue weighted by Crippen LogP contribution is -2.46. The van der Waals surface area contributed by atoms with Gasteiger partial charge in [-0.1, -0.05) is 20.8 Å².